The van der Waals surface area contributed by atoms with Gasteiger partial charge in [-0.05, 0) is 42.5 Å². The largest absolute Gasteiger partial charge is 0.346 e. The lowest BCUT2D eigenvalue weighted by atomic mass is 10.2. The van der Waals surface area contributed by atoms with Gasteiger partial charge in [-0.1, -0.05) is 22.0 Å². The molecule has 1 fully saturated rings. The third-order valence-corrected chi connectivity index (χ3v) is 6.61. The summed E-state index contributed by atoms with van der Waals surface area (Å²) >= 11 is 3.35. The van der Waals surface area contributed by atoms with Crippen LogP contribution in [0.4, 0.5) is 8.78 Å². The van der Waals surface area contributed by atoms with Crippen molar-refractivity contribution in [3.8, 4) is 0 Å². The van der Waals surface area contributed by atoms with Crippen LogP contribution < -0.4 is 5.32 Å². The third-order valence-electron chi connectivity index (χ3n) is 6.11. The monoisotopic (exact) mass is 539 g/mol. The number of fused-ring (bicyclic) bond motifs is 2. The number of carbonyl (C=O) groups excluding carboxylic acids is 1. The summed E-state index contributed by atoms with van der Waals surface area (Å²) < 4.78 is 32.5. The standard InChI is InChI=1S/C24H20BrF2N7O/c25-17-5-6-34-20(7-17)19(31-23(34)22(26)27)9-28-24(35)16-8-29-33(11-16)13-18-12-32-10-15(14-1-2-14)3-4-21(32)30-18/h3-8,10-12,14,22H,1-2,9,13H2,(H,28,35). The van der Waals surface area contributed by atoms with Gasteiger partial charge in [0, 0.05) is 29.3 Å². The molecule has 0 unspecified atom stereocenters. The van der Waals surface area contributed by atoms with Crippen molar-refractivity contribution in [1.82, 2.24) is 33.9 Å². The number of rotatable bonds is 7. The van der Waals surface area contributed by atoms with Crippen molar-refractivity contribution < 1.29 is 13.6 Å². The van der Waals surface area contributed by atoms with E-state index in [-0.39, 0.29) is 18.3 Å². The minimum absolute atomic E-state index is 0.00640. The molecule has 8 nitrogen and oxygen atoms in total. The van der Waals surface area contributed by atoms with E-state index >= 15 is 0 Å². The molecule has 1 N–H and O–H groups in total. The topological polar surface area (TPSA) is 81.5 Å². The van der Waals surface area contributed by atoms with Crippen molar-refractivity contribution in [2.24, 2.45) is 0 Å². The average molecular weight is 540 g/mol. The molecule has 5 aromatic rings. The molecule has 1 amide bonds. The van der Waals surface area contributed by atoms with Crippen molar-refractivity contribution >= 4 is 33.0 Å². The van der Waals surface area contributed by atoms with E-state index in [0.29, 0.717) is 29.2 Å². The molecule has 5 aromatic heterocycles. The molecule has 6 rings (SSSR count). The molecular weight excluding hydrogens is 520 g/mol. The Morgan fingerprint density at radius 3 is 2.83 bits per heavy atom. The van der Waals surface area contributed by atoms with Gasteiger partial charge in [0.25, 0.3) is 12.3 Å². The minimum atomic E-state index is -2.73. The van der Waals surface area contributed by atoms with Crippen molar-refractivity contribution in [2.45, 2.75) is 38.3 Å². The zero-order valence-electron chi connectivity index (χ0n) is 18.4. The second kappa shape index (κ2) is 8.56. The van der Waals surface area contributed by atoms with Gasteiger partial charge in [-0.2, -0.15) is 5.10 Å². The van der Waals surface area contributed by atoms with E-state index in [1.54, 1.807) is 23.0 Å². The zero-order chi connectivity index (χ0) is 24.1. The predicted molar refractivity (Wildman–Crippen MR) is 128 cm³/mol. The summed E-state index contributed by atoms with van der Waals surface area (Å²) in [5, 5.41) is 7.04. The van der Waals surface area contributed by atoms with Gasteiger partial charge in [0.15, 0.2) is 5.82 Å². The van der Waals surface area contributed by atoms with Crippen LogP contribution in [0.3, 0.4) is 0 Å². The first-order chi connectivity index (χ1) is 16.9. The molecular formula is C24H20BrF2N7O. The number of imidazole rings is 2. The Bertz CT molecular complexity index is 1570. The fourth-order valence-electron chi connectivity index (χ4n) is 4.23. The SMILES string of the molecule is O=C(NCc1nc(C(F)F)n2ccc(Br)cc12)c1cnn(Cc2cn3cc(C4CC4)ccc3n2)c1. The van der Waals surface area contributed by atoms with E-state index < -0.39 is 6.43 Å². The highest BCUT2D eigenvalue weighted by atomic mass is 79.9. The zero-order valence-corrected chi connectivity index (χ0v) is 20.0. The van der Waals surface area contributed by atoms with Crippen LogP contribution in [0.5, 0.6) is 0 Å². The Morgan fingerprint density at radius 2 is 2.03 bits per heavy atom. The fourth-order valence-corrected chi connectivity index (χ4v) is 4.56. The Hall–Kier alpha value is -3.60. The number of halogens is 3. The molecule has 5 heterocycles. The number of amides is 1. The number of nitrogens with zero attached hydrogens (tertiary/aromatic N) is 6. The lowest BCUT2D eigenvalue weighted by Gasteiger charge is -2.02. The number of pyridine rings is 2. The second-order valence-corrected chi connectivity index (χ2v) is 9.58. The lowest BCUT2D eigenvalue weighted by Crippen LogP contribution is -2.22. The van der Waals surface area contributed by atoms with Crippen LogP contribution in [0, 0.1) is 0 Å². The number of nitrogens with one attached hydrogen (secondary N) is 1. The summed E-state index contributed by atoms with van der Waals surface area (Å²) in [5.74, 6) is -0.0579. The van der Waals surface area contributed by atoms with Gasteiger partial charge in [-0.3, -0.25) is 13.9 Å². The average Bonchev–Trinajstić information content (AvgIpc) is 3.28. The first-order valence-corrected chi connectivity index (χ1v) is 12.0. The van der Waals surface area contributed by atoms with Gasteiger partial charge in [-0.25, -0.2) is 18.7 Å². The first-order valence-electron chi connectivity index (χ1n) is 11.2. The minimum Gasteiger partial charge on any atom is -0.346 e. The molecule has 0 spiro atoms. The molecule has 0 bridgehead atoms. The van der Waals surface area contributed by atoms with Gasteiger partial charge in [-0.15, -0.1) is 0 Å². The summed E-state index contributed by atoms with van der Waals surface area (Å²) in [6, 6.07) is 7.51. The summed E-state index contributed by atoms with van der Waals surface area (Å²) in [7, 11) is 0. The molecule has 0 saturated heterocycles. The maximum Gasteiger partial charge on any atom is 0.295 e. The van der Waals surface area contributed by atoms with Crippen LogP contribution >= 0.6 is 15.9 Å². The normalized spacial score (nSPS) is 13.8. The van der Waals surface area contributed by atoms with Gasteiger partial charge < -0.3 is 9.72 Å². The Kier molecular flexibility index (Phi) is 5.36. The Labute approximate surface area is 206 Å². The van der Waals surface area contributed by atoms with E-state index in [0.717, 1.165) is 15.8 Å². The number of hydrogen-bond donors (Lipinski definition) is 1. The van der Waals surface area contributed by atoms with Crippen LogP contribution in [0.1, 0.15) is 58.3 Å². The molecule has 0 radical (unpaired) electrons. The number of carbonyl (C=O) groups is 1. The van der Waals surface area contributed by atoms with Crippen molar-refractivity contribution in [1.29, 1.82) is 0 Å². The molecule has 35 heavy (non-hydrogen) atoms. The van der Waals surface area contributed by atoms with E-state index in [9.17, 15) is 13.6 Å². The summed E-state index contributed by atoms with van der Waals surface area (Å²) in [6.07, 6.45) is 8.50. The van der Waals surface area contributed by atoms with Crippen LogP contribution in [0.15, 0.2) is 59.7 Å². The molecule has 0 atom stereocenters. The summed E-state index contributed by atoms with van der Waals surface area (Å²) in [6.45, 7) is 0.428. The molecule has 1 aliphatic carbocycles. The lowest BCUT2D eigenvalue weighted by molar-refractivity contribution is 0.0950. The third kappa shape index (κ3) is 4.31. The molecule has 0 aliphatic heterocycles. The number of alkyl halides is 2. The summed E-state index contributed by atoms with van der Waals surface area (Å²) in [4.78, 5) is 21.4. The molecule has 178 valence electrons. The van der Waals surface area contributed by atoms with E-state index in [1.165, 1.54) is 35.2 Å². The Balaban J connectivity index is 1.15. The maximum absolute atomic E-state index is 13.4. The van der Waals surface area contributed by atoms with Crippen molar-refractivity contribution in [3.05, 3.63) is 88.1 Å². The molecule has 1 saturated carbocycles. The smallest absolute Gasteiger partial charge is 0.295 e. The van der Waals surface area contributed by atoms with Crippen LogP contribution in [-0.2, 0) is 13.1 Å². The van der Waals surface area contributed by atoms with Gasteiger partial charge >= 0.3 is 0 Å². The van der Waals surface area contributed by atoms with Gasteiger partial charge in [0.05, 0.1) is 41.8 Å². The van der Waals surface area contributed by atoms with Crippen molar-refractivity contribution in [2.75, 3.05) is 0 Å². The quantitative estimate of drug-likeness (QED) is 0.324. The molecule has 0 aromatic carbocycles. The Morgan fingerprint density at radius 1 is 1.17 bits per heavy atom. The maximum atomic E-state index is 13.4. The second-order valence-electron chi connectivity index (χ2n) is 8.66. The highest BCUT2D eigenvalue weighted by molar-refractivity contribution is 9.10. The van der Waals surface area contributed by atoms with Crippen molar-refractivity contribution in [3.63, 3.8) is 0 Å². The van der Waals surface area contributed by atoms with Crippen LogP contribution in [0.2, 0.25) is 0 Å². The van der Waals surface area contributed by atoms with Gasteiger partial charge in [0.1, 0.15) is 5.65 Å². The van der Waals surface area contributed by atoms with E-state index in [4.69, 9.17) is 0 Å². The highest BCUT2D eigenvalue weighted by Crippen LogP contribution is 2.39. The number of aromatic nitrogens is 6. The van der Waals surface area contributed by atoms with Crippen LogP contribution in [0.25, 0.3) is 11.2 Å². The van der Waals surface area contributed by atoms with E-state index in [1.807, 2.05) is 16.7 Å². The first kappa shape index (κ1) is 21.9. The summed E-state index contributed by atoms with van der Waals surface area (Å²) in [5.41, 5.74) is 4.26. The predicted octanol–water partition coefficient (Wildman–Crippen LogP) is 4.73. The number of hydrogen-bond acceptors (Lipinski definition) is 4. The fraction of sp³-hybridized carbons (Fsp3) is 0.250. The van der Waals surface area contributed by atoms with E-state index in [2.05, 4.69) is 48.6 Å². The van der Waals surface area contributed by atoms with Crippen LogP contribution in [-0.4, -0.2) is 34.5 Å². The molecule has 1 aliphatic rings. The highest BCUT2D eigenvalue weighted by Gasteiger charge is 2.24. The molecule has 11 heteroatoms. The van der Waals surface area contributed by atoms with Gasteiger partial charge in [0.2, 0.25) is 0 Å².